The van der Waals surface area contributed by atoms with Crippen molar-refractivity contribution >= 4 is 5.91 Å². The van der Waals surface area contributed by atoms with Crippen LogP contribution in [0.5, 0.6) is 0 Å². The molecule has 2 unspecified atom stereocenters. The second-order valence-electron chi connectivity index (χ2n) is 4.14. The van der Waals surface area contributed by atoms with Crippen molar-refractivity contribution in [2.45, 2.75) is 38.3 Å². The lowest BCUT2D eigenvalue weighted by Crippen LogP contribution is -2.41. The van der Waals surface area contributed by atoms with E-state index in [9.17, 15) is 4.79 Å². The highest BCUT2D eigenvalue weighted by atomic mass is 16.5. The highest BCUT2D eigenvalue weighted by Gasteiger charge is 2.29. The molecule has 4 heteroatoms. The molecular weight excluding hydrogens is 192 g/mol. The van der Waals surface area contributed by atoms with Crippen LogP contribution in [0.15, 0.2) is 0 Å². The molecule has 0 aromatic heterocycles. The minimum absolute atomic E-state index is 0.184. The second kappa shape index (κ2) is 6.08. The molecule has 1 saturated heterocycles. The van der Waals surface area contributed by atoms with Gasteiger partial charge in [0.1, 0.15) is 0 Å². The van der Waals surface area contributed by atoms with Gasteiger partial charge in [0.25, 0.3) is 0 Å². The molecule has 0 aromatic rings. The van der Waals surface area contributed by atoms with Crippen LogP contribution in [0.1, 0.15) is 26.2 Å². The van der Waals surface area contributed by atoms with Crippen LogP contribution < -0.4 is 5.32 Å². The largest absolute Gasteiger partial charge is 0.376 e. The smallest absolute Gasteiger partial charge is 0.222 e. The van der Waals surface area contributed by atoms with Crippen molar-refractivity contribution in [3.05, 3.63) is 0 Å². The summed E-state index contributed by atoms with van der Waals surface area (Å²) < 4.78 is 5.46. The van der Waals surface area contributed by atoms with E-state index >= 15 is 0 Å². The molecule has 0 radical (unpaired) electrons. The van der Waals surface area contributed by atoms with Gasteiger partial charge in [-0.15, -0.1) is 0 Å². The molecule has 2 atom stereocenters. The van der Waals surface area contributed by atoms with Gasteiger partial charge in [0.05, 0.1) is 12.1 Å². The Hall–Kier alpha value is -0.610. The Morgan fingerprint density at radius 2 is 2.33 bits per heavy atom. The fourth-order valence-electron chi connectivity index (χ4n) is 2.01. The van der Waals surface area contributed by atoms with Crippen LogP contribution in [0, 0.1) is 0 Å². The highest BCUT2D eigenvalue weighted by molar-refractivity contribution is 5.76. The maximum Gasteiger partial charge on any atom is 0.222 e. The van der Waals surface area contributed by atoms with Crippen molar-refractivity contribution in [1.29, 1.82) is 0 Å². The Balaban J connectivity index is 2.31. The van der Waals surface area contributed by atoms with Gasteiger partial charge in [-0.2, -0.15) is 0 Å². The number of hydrogen-bond donors (Lipinski definition) is 1. The number of likely N-dealkylation sites (N-methyl/N-ethyl adjacent to an activating group) is 1. The lowest BCUT2D eigenvalue weighted by molar-refractivity contribution is -0.133. The van der Waals surface area contributed by atoms with E-state index in [1.807, 2.05) is 25.9 Å². The van der Waals surface area contributed by atoms with Crippen LogP contribution in [0.25, 0.3) is 0 Å². The summed E-state index contributed by atoms with van der Waals surface area (Å²) in [5.41, 5.74) is 0. The molecule has 88 valence electrons. The molecular formula is C11H22N2O2. The van der Waals surface area contributed by atoms with Crippen molar-refractivity contribution < 1.29 is 9.53 Å². The van der Waals surface area contributed by atoms with Crippen LogP contribution in [0.3, 0.4) is 0 Å². The van der Waals surface area contributed by atoms with Crippen LogP contribution in [-0.4, -0.2) is 50.2 Å². The SMILES string of the molecule is CNCCCC(=O)N(C)C1CCOC1C. The van der Waals surface area contributed by atoms with Crippen molar-refractivity contribution in [3.63, 3.8) is 0 Å². The van der Waals surface area contributed by atoms with E-state index in [0.29, 0.717) is 6.42 Å². The number of carbonyl (C=O) groups is 1. The summed E-state index contributed by atoms with van der Waals surface area (Å²) in [4.78, 5) is 13.6. The number of rotatable bonds is 5. The number of ether oxygens (including phenoxy) is 1. The highest BCUT2D eigenvalue weighted by Crippen LogP contribution is 2.18. The van der Waals surface area contributed by atoms with Gasteiger partial charge < -0.3 is 15.0 Å². The Kier molecular flexibility index (Phi) is 5.05. The molecule has 0 saturated carbocycles. The Bertz CT molecular complexity index is 209. The number of nitrogens with zero attached hydrogens (tertiary/aromatic N) is 1. The maximum absolute atomic E-state index is 11.8. The van der Waals surface area contributed by atoms with Gasteiger partial charge in [-0.3, -0.25) is 4.79 Å². The molecule has 1 aliphatic rings. The Labute approximate surface area is 92.0 Å². The number of hydrogen-bond acceptors (Lipinski definition) is 3. The molecule has 0 bridgehead atoms. The van der Waals surface area contributed by atoms with Crippen LogP contribution >= 0.6 is 0 Å². The topological polar surface area (TPSA) is 41.6 Å². The van der Waals surface area contributed by atoms with E-state index in [1.54, 1.807) is 0 Å². The molecule has 1 aliphatic heterocycles. The quantitative estimate of drug-likeness (QED) is 0.682. The minimum atomic E-state index is 0.184. The predicted molar refractivity (Wildman–Crippen MR) is 59.7 cm³/mol. The van der Waals surface area contributed by atoms with E-state index < -0.39 is 0 Å². The molecule has 1 rings (SSSR count). The normalized spacial score (nSPS) is 25.5. The summed E-state index contributed by atoms with van der Waals surface area (Å²) in [6.45, 7) is 3.71. The third-order valence-corrected chi connectivity index (χ3v) is 3.04. The third kappa shape index (κ3) is 3.47. The van der Waals surface area contributed by atoms with Gasteiger partial charge in [0.15, 0.2) is 0 Å². The zero-order valence-corrected chi connectivity index (χ0v) is 9.95. The molecule has 0 aromatic carbocycles. The van der Waals surface area contributed by atoms with Crippen molar-refractivity contribution in [3.8, 4) is 0 Å². The van der Waals surface area contributed by atoms with Gasteiger partial charge in [0.2, 0.25) is 5.91 Å². The molecule has 15 heavy (non-hydrogen) atoms. The first-order valence-electron chi connectivity index (χ1n) is 5.68. The molecule has 4 nitrogen and oxygen atoms in total. The number of amides is 1. The van der Waals surface area contributed by atoms with Gasteiger partial charge >= 0.3 is 0 Å². The van der Waals surface area contributed by atoms with Crippen molar-refractivity contribution in [2.75, 3.05) is 27.2 Å². The molecule has 1 amide bonds. The molecule has 1 heterocycles. The zero-order valence-electron chi connectivity index (χ0n) is 9.95. The number of carbonyl (C=O) groups excluding carboxylic acids is 1. The Morgan fingerprint density at radius 3 is 2.87 bits per heavy atom. The lowest BCUT2D eigenvalue weighted by atomic mass is 10.1. The molecule has 1 fully saturated rings. The van der Waals surface area contributed by atoms with Gasteiger partial charge in [0, 0.05) is 20.1 Å². The summed E-state index contributed by atoms with van der Waals surface area (Å²) in [7, 11) is 3.79. The fourth-order valence-corrected chi connectivity index (χ4v) is 2.01. The van der Waals surface area contributed by atoms with E-state index in [1.165, 1.54) is 0 Å². The summed E-state index contributed by atoms with van der Waals surface area (Å²) in [5.74, 6) is 0.229. The standard InChI is InChI=1S/C11H22N2O2/c1-9-10(6-8-15-9)13(3)11(14)5-4-7-12-2/h9-10,12H,4-8H2,1-3H3. The monoisotopic (exact) mass is 214 g/mol. The summed E-state index contributed by atoms with van der Waals surface area (Å²) in [5, 5.41) is 3.04. The minimum Gasteiger partial charge on any atom is -0.376 e. The van der Waals surface area contributed by atoms with E-state index in [0.717, 1.165) is 26.0 Å². The summed E-state index contributed by atoms with van der Waals surface area (Å²) in [6.07, 6.45) is 2.68. The van der Waals surface area contributed by atoms with Crippen molar-refractivity contribution in [2.24, 2.45) is 0 Å². The van der Waals surface area contributed by atoms with Gasteiger partial charge in [-0.1, -0.05) is 0 Å². The van der Waals surface area contributed by atoms with Gasteiger partial charge in [-0.25, -0.2) is 0 Å². The molecule has 0 aliphatic carbocycles. The van der Waals surface area contributed by atoms with Crippen LogP contribution in [-0.2, 0) is 9.53 Å². The fraction of sp³-hybridized carbons (Fsp3) is 0.909. The first kappa shape index (κ1) is 12.5. The van der Waals surface area contributed by atoms with E-state index in [2.05, 4.69) is 5.32 Å². The Morgan fingerprint density at radius 1 is 1.60 bits per heavy atom. The first-order chi connectivity index (χ1) is 7.16. The zero-order chi connectivity index (χ0) is 11.3. The molecule has 1 N–H and O–H groups in total. The predicted octanol–water partition coefficient (Wildman–Crippen LogP) is 0.622. The van der Waals surface area contributed by atoms with Crippen LogP contribution in [0.4, 0.5) is 0 Å². The van der Waals surface area contributed by atoms with E-state index in [4.69, 9.17) is 4.74 Å². The number of nitrogens with one attached hydrogen (secondary N) is 1. The summed E-state index contributed by atoms with van der Waals surface area (Å²) in [6, 6.07) is 0.270. The first-order valence-corrected chi connectivity index (χ1v) is 5.68. The maximum atomic E-state index is 11.8. The average molecular weight is 214 g/mol. The average Bonchev–Trinajstić information content (AvgIpc) is 2.63. The van der Waals surface area contributed by atoms with E-state index in [-0.39, 0.29) is 18.1 Å². The van der Waals surface area contributed by atoms with Crippen molar-refractivity contribution in [1.82, 2.24) is 10.2 Å². The third-order valence-electron chi connectivity index (χ3n) is 3.04. The lowest BCUT2D eigenvalue weighted by Gasteiger charge is -2.26. The second-order valence-corrected chi connectivity index (χ2v) is 4.14. The van der Waals surface area contributed by atoms with Crippen LogP contribution in [0.2, 0.25) is 0 Å². The summed E-state index contributed by atoms with van der Waals surface area (Å²) >= 11 is 0. The van der Waals surface area contributed by atoms with Gasteiger partial charge in [-0.05, 0) is 33.4 Å². The molecule has 0 spiro atoms.